The second-order valence-corrected chi connectivity index (χ2v) is 7.22. The number of hydrogen-bond acceptors (Lipinski definition) is 4. The predicted octanol–water partition coefficient (Wildman–Crippen LogP) is 2.87. The predicted molar refractivity (Wildman–Crippen MR) is 90.5 cm³/mol. The summed E-state index contributed by atoms with van der Waals surface area (Å²) in [5.74, 6) is 1.76. The minimum atomic E-state index is 0.0989. The molecule has 1 saturated heterocycles. The quantitative estimate of drug-likeness (QED) is 0.799. The van der Waals surface area contributed by atoms with Crippen LogP contribution in [0.25, 0.3) is 0 Å². The van der Waals surface area contributed by atoms with Gasteiger partial charge in [-0.05, 0) is 45.7 Å². The maximum atomic E-state index is 6.24. The molecule has 2 aliphatic heterocycles. The van der Waals surface area contributed by atoms with Gasteiger partial charge < -0.3 is 14.8 Å². The Bertz CT molecular complexity index is 545. The highest BCUT2D eigenvalue weighted by molar-refractivity contribution is 9.13. The highest BCUT2D eigenvalue weighted by Crippen LogP contribution is 2.46. The van der Waals surface area contributed by atoms with E-state index in [2.05, 4.69) is 49.0 Å². The van der Waals surface area contributed by atoms with Gasteiger partial charge in [0.2, 0.25) is 0 Å². The van der Waals surface area contributed by atoms with Crippen molar-refractivity contribution >= 4 is 31.9 Å². The molecule has 3 rings (SSSR count). The molecule has 21 heavy (non-hydrogen) atoms. The van der Waals surface area contributed by atoms with Crippen LogP contribution in [-0.2, 0) is 0 Å². The molecule has 1 aromatic carbocycles. The first-order valence-electron chi connectivity index (χ1n) is 7.28. The van der Waals surface area contributed by atoms with E-state index in [-0.39, 0.29) is 6.10 Å². The van der Waals surface area contributed by atoms with Gasteiger partial charge in [-0.25, -0.2) is 0 Å². The van der Waals surface area contributed by atoms with Crippen LogP contribution in [0.1, 0.15) is 11.1 Å². The van der Waals surface area contributed by atoms with Gasteiger partial charge in [0.25, 0.3) is 0 Å². The summed E-state index contributed by atoms with van der Waals surface area (Å²) in [6, 6.07) is 0. The fraction of sp³-hybridized carbons (Fsp3) is 0.600. The first-order chi connectivity index (χ1) is 10.1. The summed E-state index contributed by atoms with van der Waals surface area (Å²) in [5, 5.41) is 3.37. The molecule has 0 aromatic heterocycles. The average Bonchev–Trinajstić information content (AvgIpc) is 2.52. The van der Waals surface area contributed by atoms with Crippen molar-refractivity contribution in [3.05, 3.63) is 20.1 Å². The lowest BCUT2D eigenvalue weighted by molar-refractivity contribution is 0.0540. The Hall–Kier alpha value is -0.300. The van der Waals surface area contributed by atoms with Crippen molar-refractivity contribution < 1.29 is 9.47 Å². The number of halogens is 2. The summed E-state index contributed by atoms with van der Waals surface area (Å²) in [6.45, 7) is 9.92. The second-order valence-electron chi connectivity index (χ2n) is 5.64. The van der Waals surface area contributed by atoms with E-state index in [0.717, 1.165) is 64.3 Å². The number of rotatable bonds is 2. The molecule has 116 valence electrons. The number of piperazine rings is 1. The van der Waals surface area contributed by atoms with Gasteiger partial charge in [-0.1, -0.05) is 0 Å². The molecular formula is C15H20Br2N2O2. The van der Waals surface area contributed by atoms with Crippen LogP contribution in [0.15, 0.2) is 8.95 Å². The van der Waals surface area contributed by atoms with E-state index in [0.29, 0.717) is 6.61 Å². The number of fused-ring (bicyclic) bond motifs is 1. The molecule has 6 heteroatoms. The summed E-state index contributed by atoms with van der Waals surface area (Å²) < 4.78 is 14.3. The molecule has 0 radical (unpaired) electrons. The largest absolute Gasteiger partial charge is 0.485 e. The zero-order valence-corrected chi connectivity index (χ0v) is 15.5. The van der Waals surface area contributed by atoms with Crippen molar-refractivity contribution in [2.75, 3.05) is 39.3 Å². The number of nitrogens with zero attached hydrogens (tertiary/aromatic N) is 1. The Kier molecular flexibility index (Phi) is 4.78. The van der Waals surface area contributed by atoms with Crippen LogP contribution in [0.4, 0.5) is 0 Å². The minimum absolute atomic E-state index is 0.0989. The molecule has 0 bridgehead atoms. The van der Waals surface area contributed by atoms with Crippen molar-refractivity contribution in [2.24, 2.45) is 0 Å². The molecule has 0 amide bonds. The summed E-state index contributed by atoms with van der Waals surface area (Å²) in [4.78, 5) is 2.44. The summed E-state index contributed by atoms with van der Waals surface area (Å²) >= 11 is 7.23. The van der Waals surface area contributed by atoms with Gasteiger partial charge in [0, 0.05) is 52.8 Å². The third-order valence-electron chi connectivity index (χ3n) is 4.11. The maximum absolute atomic E-state index is 6.24. The molecule has 1 atom stereocenters. The Morgan fingerprint density at radius 3 is 2.38 bits per heavy atom. The Labute approximate surface area is 142 Å². The van der Waals surface area contributed by atoms with E-state index in [1.165, 1.54) is 0 Å². The van der Waals surface area contributed by atoms with Crippen LogP contribution >= 0.6 is 31.9 Å². The normalized spacial score (nSPS) is 22.4. The standard InChI is InChI=1S/C15H20Br2N2O2/c1-9-12(16)13(17)10(2)15-14(9)20-8-11(21-15)7-19-5-3-18-4-6-19/h11,18H,3-8H2,1-2H3. The van der Waals surface area contributed by atoms with Crippen LogP contribution in [0, 0.1) is 13.8 Å². The van der Waals surface area contributed by atoms with Crippen LogP contribution in [-0.4, -0.2) is 50.3 Å². The van der Waals surface area contributed by atoms with Crippen molar-refractivity contribution in [1.82, 2.24) is 10.2 Å². The van der Waals surface area contributed by atoms with Gasteiger partial charge in [-0.15, -0.1) is 0 Å². The van der Waals surface area contributed by atoms with Gasteiger partial charge in [-0.3, -0.25) is 4.90 Å². The third-order valence-corrected chi connectivity index (χ3v) is 6.62. The molecule has 0 saturated carbocycles. The Morgan fingerprint density at radius 1 is 1.10 bits per heavy atom. The molecular weight excluding hydrogens is 400 g/mol. The minimum Gasteiger partial charge on any atom is -0.485 e. The highest BCUT2D eigenvalue weighted by atomic mass is 79.9. The summed E-state index contributed by atoms with van der Waals surface area (Å²) in [6.07, 6.45) is 0.0989. The molecule has 2 aliphatic rings. The Balaban J connectivity index is 1.78. The van der Waals surface area contributed by atoms with E-state index in [1.54, 1.807) is 0 Å². The van der Waals surface area contributed by atoms with E-state index >= 15 is 0 Å². The lowest BCUT2D eigenvalue weighted by atomic mass is 10.1. The van der Waals surface area contributed by atoms with Crippen molar-refractivity contribution in [1.29, 1.82) is 0 Å². The zero-order valence-electron chi connectivity index (χ0n) is 12.3. The van der Waals surface area contributed by atoms with E-state index in [1.807, 2.05) is 6.92 Å². The van der Waals surface area contributed by atoms with Gasteiger partial charge in [0.15, 0.2) is 11.5 Å². The van der Waals surface area contributed by atoms with Crippen LogP contribution in [0.3, 0.4) is 0 Å². The van der Waals surface area contributed by atoms with Crippen molar-refractivity contribution in [2.45, 2.75) is 20.0 Å². The molecule has 1 aromatic rings. The fourth-order valence-electron chi connectivity index (χ4n) is 2.83. The Morgan fingerprint density at radius 2 is 1.71 bits per heavy atom. The van der Waals surface area contributed by atoms with Crippen LogP contribution in [0.5, 0.6) is 11.5 Å². The van der Waals surface area contributed by atoms with Crippen molar-refractivity contribution in [3.63, 3.8) is 0 Å². The topological polar surface area (TPSA) is 33.7 Å². The second kappa shape index (κ2) is 6.44. The number of ether oxygens (including phenoxy) is 2. The van der Waals surface area contributed by atoms with Gasteiger partial charge in [-0.2, -0.15) is 0 Å². The summed E-state index contributed by atoms with van der Waals surface area (Å²) in [5.41, 5.74) is 2.18. The highest BCUT2D eigenvalue weighted by Gasteiger charge is 2.28. The first kappa shape index (κ1) is 15.6. The zero-order chi connectivity index (χ0) is 15.0. The molecule has 0 spiro atoms. The average molecular weight is 420 g/mol. The fourth-order valence-corrected chi connectivity index (χ4v) is 3.79. The summed E-state index contributed by atoms with van der Waals surface area (Å²) in [7, 11) is 0. The van der Waals surface area contributed by atoms with Gasteiger partial charge >= 0.3 is 0 Å². The smallest absolute Gasteiger partial charge is 0.166 e. The molecule has 2 heterocycles. The maximum Gasteiger partial charge on any atom is 0.166 e. The van der Waals surface area contributed by atoms with E-state index in [9.17, 15) is 0 Å². The third kappa shape index (κ3) is 3.09. The molecule has 0 aliphatic carbocycles. The van der Waals surface area contributed by atoms with E-state index < -0.39 is 0 Å². The number of nitrogens with one attached hydrogen (secondary N) is 1. The van der Waals surface area contributed by atoms with Gasteiger partial charge in [0.1, 0.15) is 12.7 Å². The molecule has 1 N–H and O–H groups in total. The van der Waals surface area contributed by atoms with Gasteiger partial charge in [0.05, 0.1) is 0 Å². The molecule has 1 unspecified atom stereocenters. The SMILES string of the molecule is Cc1c(Br)c(Br)c(C)c2c1OCC(CN1CCNCC1)O2. The molecule has 4 nitrogen and oxygen atoms in total. The van der Waals surface area contributed by atoms with Crippen LogP contribution < -0.4 is 14.8 Å². The lowest BCUT2D eigenvalue weighted by Gasteiger charge is -2.34. The van der Waals surface area contributed by atoms with Crippen LogP contribution in [0.2, 0.25) is 0 Å². The monoisotopic (exact) mass is 418 g/mol. The lowest BCUT2D eigenvalue weighted by Crippen LogP contribution is -2.49. The number of benzene rings is 1. The van der Waals surface area contributed by atoms with E-state index in [4.69, 9.17) is 9.47 Å². The molecule has 1 fully saturated rings. The number of hydrogen-bond donors (Lipinski definition) is 1. The first-order valence-corrected chi connectivity index (χ1v) is 8.87. The van der Waals surface area contributed by atoms with Crippen molar-refractivity contribution in [3.8, 4) is 11.5 Å².